The van der Waals surface area contributed by atoms with Crippen molar-refractivity contribution in [1.82, 2.24) is 5.32 Å². The molecule has 0 aliphatic rings. The minimum atomic E-state index is -0.494. The SMILES string of the molecule is Cc1ccc(OC[C@@H](O)CNC(C)C)c(C(C)(C)C)c1. The standard InChI is InChI=1S/C17H29NO2/c1-12(2)18-10-14(19)11-20-16-8-7-13(3)9-15(16)17(4,5)6/h7-9,12,14,18-19H,10-11H2,1-6H3/t14-/m0/s1. The highest BCUT2D eigenvalue weighted by molar-refractivity contribution is 5.41. The second-order valence-electron chi connectivity index (χ2n) is 6.78. The van der Waals surface area contributed by atoms with Crippen molar-refractivity contribution < 1.29 is 9.84 Å². The van der Waals surface area contributed by atoms with E-state index in [4.69, 9.17) is 4.74 Å². The van der Waals surface area contributed by atoms with Crippen LogP contribution in [-0.2, 0) is 5.41 Å². The topological polar surface area (TPSA) is 41.5 Å². The van der Waals surface area contributed by atoms with Crippen molar-refractivity contribution in [1.29, 1.82) is 0 Å². The zero-order valence-corrected chi connectivity index (χ0v) is 13.7. The molecule has 0 radical (unpaired) electrons. The van der Waals surface area contributed by atoms with Gasteiger partial charge < -0.3 is 15.2 Å². The molecule has 0 aromatic heterocycles. The zero-order valence-electron chi connectivity index (χ0n) is 13.7. The van der Waals surface area contributed by atoms with Crippen molar-refractivity contribution in [2.24, 2.45) is 0 Å². The van der Waals surface area contributed by atoms with Crippen LogP contribution in [0, 0.1) is 6.92 Å². The summed E-state index contributed by atoms with van der Waals surface area (Å²) in [7, 11) is 0. The minimum Gasteiger partial charge on any atom is -0.491 e. The van der Waals surface area contributed by atoms with Crippen LogP contribution in [0.1, 0.15) is 45.7 Å². The lowest BCUT2D eigenvalue weighted by Gasteiger charge is -2.24. The molecular formula is C17H29NO2. The monoisotopic (exact) mass is 279 g/mol. The van der Waals surface area contributed by atoms with Crippen LogP contribution in [0.4, 0.5) is 0 Å². The number of aryl methyl sites for hydroxylation is 1. The van der Waals surface area contributed by atoms with Gasteiger partial charge in [0.15, 0.2) is 0 Å². The Morgan fingerprint density at radius 3 is 2.45 bits per heavy atom. The van der Waals surface area contributed by atoms with Crippen LogP contribution in [-0.4, -0.2) is 30.4 Å². The molecule has 3 heteroatoms. The van der Waals surface area contributed by atoms with Crippen LogP contribution in [0.25, 0.3) is 0 Å². The van der Waals surface area contributed by atoms with Gasteiger partial charge >= 0.3 is 0 Å². The molecule has 0 bridgehead atoms. The fourth-order valence-electron chi connectivity index (χ4n) is 1.97. The number of benzene rings is 1. The highest BCUT2D eigenvalue weighted by atomic mass is 16.5. The van der Waals surface area contributed by atoms with E-state index in [0.717, 1.165) is 5.75 Å². The Balaban J connectivity index is 2.68. The van der Waals surface area contributed by atoms with E-state index in [9.17, 15) is 5.11 Å². The van der Waals surface area contributed by atoms with E-state index in [-0.39, 0.29) is 5.41 Å². The summed E-state index contributed by atoms with van der Waals surface area (Å²) in [6, 6.07) is 6.57. The molecule has 1 aromatic carbocycles. The molecule has 0 unspecified atom stereocenters. The number of ether oxygens (including phenoxy) is 1. The van der Waals surface area contributed by atoms with Crippen molar-refractivity contribution in [3.8, 4) is 5.75 Å². The summed E-state index contributed by atoms with van der Waals surface area (Å²) in [6.45, 7) is 13.6. The van der Waals surface area contributed by atoms with E-state index in [2.05, 4.69) is 52.9 Å². The number of nitrogens with one attached hydrogen (secondary N) is 1. The van der Waals surface area contributed by atoms with Gasteiger partial charge in [-0.25, -0.2) is 0 Å². The smallest absolute Gasteiger partial charge is 0.123 e. The average Bonchev–Trinajstić information content (AvgIpc) is 2.33. The summed E-state index contributed by atoms with van der Waals surface area (Å²) in [5, 5.41) is 13.1. The largest absolute Gasteiger partial charge is 0.491 e. The third-order valence-corrected chi connectivity index (χ3v) is 3.14. The molecule has 0 saturated carbocycles. The first kappa shape index (κ1) is 17.0. The van der Waals surface area contributed by atoms with E-state index in [1.807, 2.05) is 12.1 Å². The molecule has 0 amide bonds. The van der Waals surface area contributed by atoms with Crippen LogP contribution in [0.2, 0.25) is 0 Å². The van der Waals surface area contributed by atoms with Crippen molar-refractivity contribution in [3.05, 3.63) is 29.3 Å². The maximum atomic E-state index is 9.92. The number of aliphatic hydroxyl groups excluding tert-OH is 1. The fourth-order valence-corrected chi connectivity index (χ4v) is 1.97. The third kappa shape index (κ3) is 5.51. The molecule has 2 N–H and O–H groups in total. The molecule has 1 atom stereocenters. The molecule has 0 fully saturated rings. The lowest BCUT2D eigenvalue weighted by atomic mass is 9.85. The average molecular weight is 279 g/mol. The van der Waals surface area contributed by atoms with Crippen molar-refractivity contribution in [3.63, 3.8) is 0 Å². The number of rotatable bonds is 6. The number of hydrogen-bond acceptors (Lipinski definition) is 3. The number of aliphatic hydroxyl groups is 1. The van der Waals surface area contributed by atoms with Gasteiger partial charge in [-0.15, -0.1) is 0 Å². The van der Waals surface area contributed by atoms with Gasteiger partial charge in [0.25, 0.3) is 0 Å². The highest BCUT2D eigenvalue weighted by Gasteiger charge is 2.19. The summed E-state index contributed by atoms with van der Waals surface area (Å²) in [5.74, 6) is 0.867. The predicted molar refractivity (Wildman–Crippen MR) is 84.5 cm³/mol. The lowest BCUT2D eigenvalue weighted by molar-refractivity contribution is 0.103. The second kappa shape index (κ2) is 7.09. The van der Waals surface area contributed by atoms with E-state index < -0.39 is 6.10 Å². The molecule has 20 heavy (non-hydrogen) atoms. The van der Waals surface area contributed by atoms with E-state index in [0.29, 0.717) is 19.2 Å². The molecule has 3 nitrogen and oxygen atoms in total. The molecule has 114 valence electrons. The molecule has 0 aliphatic heterocycles. The Morgan fingerprint density at radius 1 is 1.25 bits per heavy atom. The van der Waals surface area contributed by atoms with Gasteiger partial charge in [-0.1, -0.05) is 52.3 Å². The van der Waals surface area contributed by atoms with E-state index >= 15 is 0 Å². The normalized spacial score (nSPS) is 13.6. The first-order chi connectivity index (χ1) is 9.20. The summed E-state index contributed by atoms with van der Waals surface area (Å²) < 4.78 is 5.82. The second-order valence-corrected chi connectivity index (χ2v) is 6.78. The maximum Gasteiger partial charge on any atom is 0.123 e. The van der Waals surface area contributed by atoms with Crippen molar-refractivity contribution in [2.75, 3.05) is 13.2 Å². The lowest BCUT2D eigenvalue weighted by Crippen LogP contribution is -2.35. The van der Waals surface area contributed by atoms with Gasteiger partial charge in [0, 0.05) is 12.6 Å². The van der Waals surface area contributed by atoms with E-state index in [1.165, 1.54) is 11.1 Å². The third-order valence-electron chi connectivity index (χ3n) is 3.14. The van der Waals surface area contributed by atoms with Crippen LogP contribution in [0.15, 0.2) is 18.2 Å². The molecule has 0 aliphatic carbocycles. The Hall–Kier alpha value is -1.06. The summed E-state index contributed by atoms with van der Waals surface area (Å²) in [5.41, 5.74) is 2.44. The van der Waals surface area contributed by atoms with Crippen LogP contribution in [0.3, 0.4) is 0 Å². The predicted octanol–water partition coefficient (Wildman–Crippen LogP) is 3.03. The van der Waals surface area contributed by atoms with Crippen molar-refractivity contribution in [2.45, 2.75) is 59.1 Å². The molecule has 1 rings (SSSR count). The van der Waals surface area contributed by atoms with Gasteiger partial charge in [-0.3, -0.25) is 0 Å². The summed E-state index contributed by atoms with van der Waals surface area (Å²) in [6.07, 6.45) is -0.494. The van der Waals surface area contributed by atoms with E-state index in [1.54, 1.807) is 0 Å². The maximum absolute atomic E-state index is 9.92. The van der Waals surface area contributed by atoms with Gasteiger partial charge in [0.2, 0.25) is 0 Å². The Kier molecular flexibility index (Phi) is 6.03. The molecular weight excluding hydrogens is 250 g/mol. The number of hydrogen-bond donors (Lipinski definition) is 2. The van der Waals surface area contributed by atoms with Gasteiger partial charge in [0.05, 0.1) is 0 Å². The quantitative estimate of drug-likeness (QED) is 0.841. The summed E-state index contributed by atoms with van der Waals surface area (Å²) in [4.78, 5) is 0. The minimum absolute atomic E-state index is 0.0302. The molecule has 0 spiro atoms. The van der Waals surface area contributed by atoms with Crippen LogP contribution < -0.4 is 10.1 Å². The van der Waals surface area contributed by atoms with Crippen molar-refractivity contribution >= 4 is 0 Å². The van der Waals surface area contributed by atoms with Crippen LogP contribution in [0.5, 0.6) is 5.75 Å². The van der Waals surface area contributed by atoms with Gasteiger partial charge in [-0.2, -0.15) is 0 Å². The first-order valence-electron chi connectivity index (χ1n) is 7.35. The fraction of sp³-hybridized carbons (Fsp3) is 0.647. The molecule has 0 saturated heterocycles. The Morgan fingerprint density at radius 2 is 1.90 bits per heavy atom. The zero-order chi connectivity index (χ0) is 15.3. The Labute approximate surface area is 123 Å². The molecule has 0 heterocycles. The molecule has 1 aromatic rings. The Bertz CT molecular complexity index is 421. The van der Waals surface area contributed by atoms with Gasteiger partial charge in [0.1, 0.15) is 18.5 Å². The highest BCUT2D eigenvalue weighted by Crippen LogP contribution is 2.32. The summed E-state index contributed by atoms with van der Waals surface area (Å²) >= 11 is 0. The van der Waals surface area contributed by atoms with Crippen LogP contribution >= 0.6 is 0 Å². The first-order valence-corrected chi connectivity index (χ1v) is 7.35. The van der Waals surface area contributed by atoms with Gasteiger partial charge in [-0.05, 0) is 24.0 Å².